The summed E-state index contributed by atoms with van der Waals surface area (Å²) in [6, 6.07) is 25.1. The van der Waals surface area contributed by atoms with Gasteiger partial charge in [0, 0.05) is 22.7 Å². The van der Waals surface area contributed by atoms with E-state index in [-0.39, 0.29) is 11.9 Å². The van der Waals surface area contributed by atoms with Crippen molar-refractivity contribution < 1.29 is 9.53 Å². The predicted octanol–water partition coefficient (Wildman–Crippen LogP) is 5.48. The Balaban J connectivity index is 1.61. The van der Waals surface area contributed by atoms with Crippen molar-refractivity contribution >= 4 is 17.5 Å². The quantitative estimate of drug-likeness (QED) is 0.456. The SMILES string of the molecule is COc1ccc(-c2n[nH]c3c2C(c2ccccc2)N(Cc2ccc(Cl)cc2)C3=O)cc1. The van der Waals surface area contributed by atoms with Gasteiger partial charge in [-0.2, -0.15) is 5.10 Å². The fraction of sp³-hybridized carbons (Fsp3) is 0.120. The molecule has 1 unspecified atom stereocenters. The number of ether oxygens (including phenoxy) is 1. The number of methoxy groups -OCH3 is 1. The molecule has 0 spiro atoms. The average molecular weight is 430 g/mol. The molecule has 0 saturated carbocycles. The molecular formula is C25H20ClN3O2. The van der Waals surface area contributed by atoms with Crippen molar-refractivity contribution in [3.05, 3.63) is 106 Å². The first-order valence-corrected chi connectivity index (χ1v) is 10.4. The fourth-order valence-electron chi connectivity index (χ4n) is 4.10. The summed E-state index contributed by atoms with van der Waals surface area (Å²) in [6.07, 6.45) is 0. The minimum Gasteiger partial charge on any atom is -0.497 e. The lowest BCUT2D eigenvalue weighted by atomic mass is 9.96. The molecule has 2 heterocycles. The van der Waals surface area contributed by atoms with Crippen LogP contribution < -0.4 is 4.74 Å². The zero-order valence-electron chi connectivity index (χ0n) is 16.9. The van der Waals surface area contributed by atoms with Crippen molar-refractivity contribution in [1.29, 1.82) is 0 Å². The van der Waals surface area contributed by atoms with Gasteiger partial charge < -0.3 is 9.64 Å². The summed E-state index contributed by atoms with van der Waals surface area (Å²) in [4.78, 5) is 15.3. The number of nitrogens with one attached hydrogen (secondary N) is 1. The first kappa shape index (κ1) is 19.4. The van der Waals surface area contributed by atoms with Crippen LogP contribution in [0.2, 0.25) is 5.02 Å². The van der Waals surface area contributed by atoms with Crippen molar-refractivity contribution in [3.8, 4) is 17.0 Å². The van der Waals surface area contributed by atoms with Crippen molar-refractivity contribution in [3.63, 3.8) is 0 Å². The molecule has 0 aliphatic carbocycles. The van der Waals surface area contributed by atoms with Crippen LogP contribution in [0.25, 0.3) is 11.3 Å². The number of carbonyl (C=O) groups excluding carboxylic acids is 1. The highest BCUT2D eigenvalue weighted by atomic mass is 35.5. The van der Waals surface area contributed by atoms with Gasteiger partial charge in [-0.05, 0) is 47.5 Å². The molecule has 1 atom stereocenters. The number of benzene rings is 3. The summed E-state index contributed by atoms with van der Waals surface area (Å²) in [5.41, 5.74) is 5.20. The molecule has 154 valence electrons. The number of nitrogens with zero attached hydrogens (tertiary/aromatic N) is 2. The van der Waals surface area contributed by atoms with E-state index in [0.717, 1.165) is 33.7 Å². The van der Waals surface area contributed by atoms with Crippen molar-refractivity contribution in [2.24, 2.45) is 0 Å². The van der Waals surface area contributed by atoms with Gasteiger partial charge in [0.1, 0.15) is 11.4 Å². The molecule has 1 amide bonds. The van der Waals surface area contributed by atoms with Crippen LogP contribution >= 0.6 is 11.6 Å². The van der Waals surface area contributed by atoms with E-state index in [1.165, 1.54) is 0 Å². The Hall–Kier alpha value is -3.57. The van der Waals surface area contributed by atoms with Gasteiger partial charge in [0.05, 0.1) is 18.8 Å². The molecule has 3 aromatic carbocycles. The standard InChI is InChI=1S/C25H20ClN3O2/c1-31-20-13-9-17(10-14-20)22-21-23(28-27-22)25(30)29(15-16-7-11-19(26)12-8-16)24(21)18-5-3-2-4-6-18/h2-14,24H,15H2,1H3,(H,27,28). The highest BCUT2D eigenvalue weighted by Gasteiger charge is 2.42. The van der Waals surface area contributed by atoms with Gasteiger partial charge in [0.15, 0.2) is 0 Å². The van der Waals surface area contributed by atoms with Crippen LogP contribution in [-0.4, -0.2) is 28.1 Å². The molecule has 1 aliphatic heterocycles. The number of H-pyrrole nitrogens is 1. The number of fused-ring (bicyclic) bond motifs is 1. The Labute approximate surface area is 185 Å². The Kier molecular flexibility index (Phi) is 4.96. The van der Waals surface area contributed by atoms with Gasteiger partial charge in [-0.25, -0.2) is 0 Å². The number of rotatable bonds is 5. The normalized spacial score (nSPS) is 15.2. The predicted molar refractivity (Wildman–Crippen MR) is 120 cm³/mol. The van der Waals surface area contributed by atoms with Crippen molar-refractivity contribution in [1.82, 2.24) is 15.1 Å². The van der Waals surface area contributed by atoms with Crippen LogP contribution in [0.3, 0.4) is 0 Å². The smallest absolute Gasteiger partial charge is 0.273 e. The third-order valence-corrected chi connectivity index (χ3v) is 5.86. The van der Waals surface area contributed by atoms with E-state index in [0.29, 0.717) is 17.3 Å². The summed E-state index contributed by atoms with van der Waals surface area (Å²) in [7, 11) is 1.64. The molecule has 0 fully saturated rings. The largest absolute Gasteiger partial charge is 0.497 e. The molecule has 4 aromatic rings. The highest BCUT2D eigenvalue weighted by Crippen LogP contribution is 2.43. The second-order valence-corrected chi connectivity index (χ2v) is 7.90. The summed E-state index contributed by atoms with van der Waals surface area (Å²) >= 11 is 6.04. The number of aromatic nitrogens is 2. The number of aromatic amines is 1. The lowest BCUT2D eigenvalue weighted by Crippen LogP contribution is -2.29. The monoisotopic (exact) mass is 429 g/mol. The van der Waals surface area contributed by atoms with Gasteiger partial charge in [0.2, 0.25) is 0 Å². The van der Waals surface area contributed by atoms with Crippen LogP contribution in [0.1, 0.15) is 33.2 Å². The van der Waals surface area contributed by atoms with Gasteiger partial charge >= 0.3 is 0 Å². The first-order chi connectivity index (χ1) is 15.2. The molecule has 0 saturated heterocycles. The summed E-state index contributed by atoms with van der Waals surface area (Å²) in [5, 5.41) is 8.18. The van der Waals surface area contributed by atoms with Crippen molar-refractivity contribution in [2.45, 2.75) is 12.6 Å². The number of hydrogen-bond acceptors (Lipinski definition) is 3. The van der Waals surface area contributed by atoms with E-state index < -0.39 is 0 Å². The third-order valence-electron chi connectivity index (χ3n) is 5.61. The van der Waals surface area contributed by atoms with Crippen molar-refractivity contribution in [2.75, 3.05) is 7.11 Å². The van der Waals surface area contributed by atoms with Gasteiger partial charge in [-0.15, -0.1) is 0 Å². The molecule has 0 radical (unpaired) electrons. The second-order valence-electron chi connectivity index (χ2n) is 7.46. The van der Waals surface area contributed by atoms with E-state index in [2.05, 4.69) is 10.2 Å². The molecule has 0 bridgehead atoms. The van der Waals surface area contributed by atoms with Gasteiger partial charge in [-0.1, -0.05) is 54.1 Å². The maximum Gasteiger partial charge on any atom is 0.273 e. The maximum atomic E-state index is 13.4. The highest BCUT2D eigenvalue weighted by molar-refractivity contribution is 6.30. The van der Waals surface area contributed by atoms with E-state index in [4.69, 9.17) is 16.3 Å². The molecule has 31 heavy (non-hydrogen) atoms. The van der Waals surface area contributed by atoms with E-state index in [1.807, 2.05) is 83.8 Å². The molecule has 1 aliphatic rings. The number of hydrogen-bond donors (Lipinski definition) is 1. The van der Waals surface area contributed by atoms with E-state index in [1.54, 1.807) is 7.11 Å². The Morgan fingerprint density at radius 2 is 1.71 bits per heavy atom. The molecular weight excluding hydrogens is 410 g/mol. The Morgan fingerprint density at radius 1 is 1.00 bits per heavy atom. The second kappa shape index (κ2) is 7.93. The molecule has 5 nitrogen and oxygen atoms in total. The lowest BCUT2D eigenvalue weighted by Gasteiger charge is -2.26. The summed E-state index contributed by atoms with van der Waals surface area (Å²) in [5.74, 6) is 0.710. The van der Waals surface area contributed by atoms with E-state index in [9.17, 15) is 4.79 Å². The molecule has 1 aromatic heterocycles. The lowest BCUT2D eigenvalue weighted by molar-refractivity contribution is 0.0730. The number of amides is 1. The summed E-state index contributed by atoms with van der Waals surface area (Å²) < 4.78 is 5.28. The minimum atomic E-state index is -0.241. The molecule has 6 heteroatoms. The molecule has 5 rings (SSSR count). The Bertz CT molecular complexity index is 1220. The van der Waals surface area contributed by atoms with Crippen LogP contribution in [0.5, 0.6) is 5.75 Å². The van der Waals surface area contributed by atoms with Gasteiger partial charge in [0.25, 0.3) is 5.91 Å². The fourth-order valence-corrected chi connectivity index (χ4v) is 4.22. The Morgan fingerprint density at radius 3 is 2.39 bits per heavy atom. The van der Waals surface area contributed by atoms with Gasteiger partial charge in [-0.3, -0.25) is 9.89 Å². The number of halogens is 1. The van der Waals surface area contributed by atoms with E-state index >= 15 is 0 Å². The zero-order valence-corrected chi connectivity index (χ0v) is 17.6. The topological polar surface area (TPSA) is 58.2 Å². The van der Waals surface area contributed by atoms with Crippen LogP contribution in [-0.2, 0) is 6.54 Å². The van der Waals surface area contributed by atoms with Crippen LogP contribution in [0.15, 0.2) is 78.9 Å². The summed E-state index contributed by atoms with van der Waals surface area (Å²) in [6.45, 7) is 0.472. The zero-order chi connectivity index (χ0) is 21.4. The maximum absolute atomic E-state index is 13.4. The van der Waals surface area contributed by atoms with Crippen LogP contribution in [0, 0.1) is 0 Å². The number of carbonyl (C=O) groups is 1. The first-order valence-electron chi connectivity index (χ1n) is 9.99. The molecule has 1 N–H and O–H groups in total. The third kappa shape index (κ3) is 3.47. The van der Waals surface area contributed by atoms with Crippen LogP contribution in [0.4, 0.5) is 0 Å². The minimum absolute atomic E-state index is 0.0638. The average Bonchev–Trinajstić information content (AvgIpc) is 3.35.